The molecule has 1 unspecified atom stereocenters. The van der Waals surface area contributed by atoms with Crippen LogP contribution in [0.1, 0.15) is 44.9 Å². The molecule has 2 rings (SSSR count). The van der Waals surface area contributed by atoms with Crippen molar-refractivity contribution in [2.75, 3.05) is 18.4 Å². The van der Waals surface area contributed by atoms with Gasteiger partial charge in [-0.25, -0.2) is 0 Å². The molecule has 1 aliphatic heterocycles. The molecule has 0 aromatic carbocycles. The van der Waals surface area contributed by atoms with Crippen LogP contribution >= 0.6 is 15.9 Å². The second kappa shape index (κ2) is 5.65. The molecule has 1 saturated carbocycles. The van der Waals surface area contributed by atoms with Gasteiger partial charge in [0, 0.05) is 11.9 Å². The molecule has 0 amide bonds. The molecule has 0 bridgehead atoms. The van der Waals surface area contributed by atoms with Crippen molar-refractivity contribution in [3.63, 3.8) is 0 Å². The van der Waals surface area contributed by atoms with Crippen molar-refractivity contribution in [3.8, 4) is 0 Å². The zero-order valence-electron chi connectivity index (χ0n) is 9.43. The fraction of sp³-hybridized carbons (Fsp3) is 1.00. The first kappa shape index (κ1) is 11.9. The average Bonchev–Trinajstić information content (AvgIpc) is 2.85. The highest BCUT2D eigenvalue weighted by Crippen LogP contribution is 2.43. The van der Waals surface area contributed by atoms with Gasteiger partial charge in [0.1, 0.15) is 0 Å². The van der Waals surface area contributed by atoms with Crippen molar-refractivity contribution < 1.29 is 4.74 Å². The minimum Gasteiger partial charge on any atom is -0.370 e. The van der Waals surface area contributed by atoms with E-state index in [1.165, 1.54) is 44.9 Å². The lowest BCUT2D eigenvalue weighted by atomic mass is 9.98. The summed E-state index contributed by atoms with van der Waals surface area (Å²) in [5.41, 5.74) is 0.307. The lowest BCUT2D eigenvalue weighted by Gasteiger charge is -2.23. The van der Waals surface area contributed by atoms with Gasteiger partial charge in [-0.2, -0.15) is 0 Å². The standard InChI is InChI=1S/C12H22BrNO/c13-8-3-9-14-10-11-4-7-12(15-11)5-1-2-6-12/h11,14H,1-10H2. The van der Waals surface area contributed by atoms with Gasteiger partial charge in [0.05, 0.1) is 11.7 Å². The maximum atomic E-state index is 6.22. The third-order valence-electron chi connectivity index (χ3n) is 3.71. The number of halogens is 1. The molecule has 1 saturated heterocycles. The van der Waals surface area contributed by atoms with E-state index in [1.54, 1.807) is 0 Å². The van der Waals surface area contributed by atoms with Gasteiger partial charge in [0.15, 0.2) is 0 Å². The molecule has 1 atom stereocenters. The Morgan fingerprint density at radius 2 is 2.07 bits per heavy atom. The molecular weight excluding hydrogens is 254 g/mol. The van der Waals surface area contributed by atoms with Crippen molar-refractivity contribution >= 4 is 15.9 Å². The first-order valence-electron chi connectivity index (χ1n) is 6.29. The van der Waals surface area contributed by atoms with Crippen LogP contribution in [0.15, 0.2) is 0 Å². The molecule has 0 radical (unpaired) electrons. The SMILES string of the molecule is BrCCCNCC1CCC2(CCCC2)O1. The number of hydrogen-bond acceptors (Lipinski definition) is 2. The average molecular weight is 276 g/mol. The Balaban J connectivity index is 1.64. The molecule has 0 aromatic rings. The molecule has 15 heavy (non-hydrogen) atoms. The van der Waals surface area contributed by atoms with Crippen LogP contribution in [0.25, 0.3) is 0 Å². The van der Waals surface area contributed by atoms with Gasteiger partial charge in [-0.3, -0.25) is 0 Å². The van der Waals surface area contributed by atoms with E-state index in [4.69, 9.17) is 4.74 Å². The van der Waals surface area contributed by atoms with Gasteiger partial charge in [0.25, 0.3) is 0 Å². The van der Waals surface area contributed by atoms with E-state index < -0.39 is 0 Å². The lowest BCUT2D eigenvalue weighted by Crippen LogP contribution is -2.31. The number of ether oxygens (including phenoxy) is 1. The Labute approximate surface area is 101 Å². The Bertz CT molecular complexity index is 192. The third kappa shape index (κ3) is 3.18. The van der Waals surface area contributed by atoms with E-state index in [0.717, 1.165) is 18.4 Å². The number of alkyl halides is 1. The van der Waals surface area contributed by atoms with Gasteiger partial charge >= 0.3 is 0 Å². The monoisotopic (exact) mass is 275 g/mol. The van der Waals surface area contributed by atoms with Gasteiger partial charge in [0.2, 0.25) is 0 Å². The number of rotatable bonds is 5. The predicted molar refractivity (Wildman–Crippen MR) is 66.6 cm³/mol. The van der Waals surface area contributed by atoms with Crippen LogP contribution in [-0.4, -0.2) is 30.1 Å². The smallest absolute Gasteiger partial charge is 0.0708 e. The number of hydrogen-bond donors (Lipinski definition) is 1. The molecule has 1 aliphatic carbocycles. The molecule has 1 N–H and O–H groups in total. The van der Waals surface area contributed by atoms with Gasteiger partial charge < -0.3 is 10.1 Å². The Kier molecular flexibility index (Phi) is 4.47. The highest BCUT2D eigenvalue weighted by molar-refractivity contribution is 9.09. The minimum absolute atomic E-state index is 0.307. The zero-order chi connectivity index (χ0) is 10.6. The maximum Gasteiger partial charge on any atom is 0.0708 e. The molecule has 1 spiro atoms. The van der Waals surface area contributed by atoms with Crippen molar-refractivity contribution in [3.05, 3.63) is 0 Å². The quantitative estimate of drug-likeness (QED) is 0.616. The molecule has 88 valence electrons. The Hall–Kier alpha value is 0.400. The molecule has 2 fully saturated rings. The summed E-state index contributed by atoms with van der Waals surface area (Å²) < 4.78 is 6.22. The van der Waals surface area contributed by atoms with E-state index in [9.17, 15) is 0 Å². The molecule has 3 heteroatoms. The van der Waals surface area contributed by atoms with Crippen molar-refractivity contribution in [1.29, 1.82) is 0 Å². The van der Waals surface area contributed by atoms with E-state index in [2.05, 4.69) is 21.2 Å². The van der Waals surface area contributed by atoms with Crippen LogP contribution < -0.4 is 5.32 Å². The highest BCUT2D eigenvalue weighted by atomic mass is 79.9. The van der Waals surface area contributed by atoms with E-state index in [-0.39, 0.29) is 0 Å². The van der Waals surface area contributed by atoms with Crippen LogP contribution in [0.4, 0.5) is 0 Å². The Morgan fingerprint density at radius 1 is 1.27 bits per heavy atom. The van der Waals surface area contributed by atoms with Gasteiger partial charge in [-0.1, -0.05) is 28.8 Å². The Morgan fingerprint density at radius 3 is 2.80 bits per heavy atom. The largest absolute Gasteiger partial charge is 0.370 e. The van der Waals surface area contributed by atoms with Crippen LogP contribution in [0.2, 0.25) is 0 Å². The zero-order valence-corrected chi connectivity index (χ0v) is 11.0. The first-order chi connectivity index (χ1) is 7.35. The van der Waals surface area contributed by atoms with E-state index >= 15 is 0 Å². The summed E-state index contributed by atoms with van der Waals surface area (Å²) >= 11 is 3.44. The number of nitrogens with one attached hydrogen (secondary N) is 1. The molecule has 2 aliphatic rings. The molecule has 1 heterocycles. The summed E-state index contributed by atoms with van der Waals surface area (Å²) in [4.78, 5) is 0. The maximum absolute atomic E-state index is 6.22. The second-order valence-corrected chi connectivity index (χ2v) is 5.71. The first-order valence-corrected chi connectivity index (χ1v) is 7.41. The fourth-order valence-electron chi connectivity index (χ4n) is 2.88. The van der Waals surface area contributed by atoms with Crippen LogP contribution in [0, 0.1) is 0 Å². The molecule has 2 nitrogen and oxygen atoms in total. The predicted octanol–water partition coefficient (Wildman–Crippen LogP) is 2.85. The second-order valence-electron chi connectivity index (χ2n) is 4.92. The normalized spacial score (nSPS) is 29.0. The summed E-state index contributed by atoms with van der Waals surface area (Å²) in [6, 6.07) is 0. The summed E-state index contributed by atoms with van der Waals surface area (Å²) in [5.74, 6) is 0. The van der Waals surface area contributed by atoms with Crippen molar-refractivity contribution in [2.24, 2.45) is 0 Å². The highest BCUT2D eigenvalue weighted by Gasteiger charge is 2.41. The van der Waals surface area contributed by atoms with E-state index in [1.807, 2.05) is 0 Å². The van der Waals surface area contributed by atoms with E-state index in [0.29, 0.717) is 11.7 Å². The summed E-state index contributed by atoms with van der Waals surface area (Å²) in [6.45, 7) is 2.16. The topological polar surface area (TPSA) is 21.3 Å². The summed E-state index contributed by atoms with van der Waals surface area (Å²) in [6.07, 6.45) is 9.64. The van der Waals surface area contributed by atoms with Gasteiger partial charge in [-0.05, 0) is 38.6 Å². The molecular formula is C12H22BrNO. The minimum atomic E-state index is 0.307. The summed E-state index contributed by atoms with van der Waals surface area (Å²) in [5, 5.41) is 4.57. The summed E-state index contributed by atoms with van der Waals surface area (Å²) in [7, 11) is 0. The lowest BCUT2D eigenvalue weighted by molar-refractivity contribution is -0.0350. The van der Waals surface area contributed by atoms with Crippen LogP contribution in [0.5, 0.6) is 0 Å². The van der Waals surface area contributed by atoms with Crippen molar-refractivity contribution in [2.45, 2.75) is 56.7 Å². The van der Waals surface area contributed by atoms with Crippen molar-refractivity contribution in [1.82, 2.24) is 5.32 Å². The van der Waals surface area contributed by atoms with Gasteiger partial charge in [-0.15, -0.1) is 0 Å². The van der Waals surface area contributed by atoms with Crippen LogP contribution in [0.3, 0.4) is 0 Å². The third-order valence-corrected chi connectivity index (χ3v) is 4.27. The van der Waals surface area contributed by atoms with Crippen LogP contribution in [-0.2, 0) is 4.74 Å². The fourth-order valence-corrected chi connectivity index (χ4v) is 3.16. The molecule has 0 aromatic heterocycles.